The zero-order chi connectivity index (χ0) is 56.8. The second-order valence-electron chi connectivity index (χ2n) is 24.1. The van der Waals surface area contributed by atoms with E-state index in [1.807, 2.05) is 18.3 Å². The molecule has 13 nitrogen and oxygen atoms in total. The molecular weight excluding hydrogens is 1060 g/mol. The number of likely N-dealkylation sites (tertiary alicyclic amines) is 2. The maximum atomic E-state index is 13.2. The lowest BCUT2D eigenvalue weighted by molar-refractivity contribution is -0.140. The number of thiazole rings is 1. The van der Waals surface area contributed by atoms with Crippen molar-refractivity contribution in [1.29, 1.82) is 0 Å². The molecule has 2 amide bonds. The van der Waals surface area contributed by atoms with Crippen LogP contribution in [0.2, 0.25) is 5.02 Å². The van der Waals surface area contributed by atoms with Gasteiger partial charge in [0.05, 0.1) is 56.7 Å². The van der Waals surface area contributed by atoms with E-state index in [1.54, 1.807) is 30.3 Å². The topological polar surface area (TPSA) is 151 Å². The smallest absolute Gasteiger partial charge is 0.401 e. The van der Waals surface area contributed by atoms with Crippen LogP contribution < -0.4 is 21.9 Å². The number of morpholine rings is 1. The predicted octanol–water partition coefficient (Wildman–Crippen LogP) is 11.7. The summed E-state index contributed by atoms with van der Waals surface area (Å²) in [6.07, 6.45) is 14.4. The summed E-state index contributed by atoms with van der Waals surface area (Å²) in [7, 11) is 2.21. The molecule has 11 rings (SSSR count). The van der Waals surface area contributed by atoms with Crippen molar-refractivity contribution >= 4 is 46.2 Å². The molecule has 3 unspecified atom stereocenters. The number of nitrogens with zero attached hydrogens (tertiary/aromatic N) is 6. The quantitative estimate of drug-likeness (QED) is 0.109. The summed E-state index contributed by atoms with van der Waals surface area (Å²) in [6, 6.07) is 19.2. The predicted molar refractivity (Wildman–Crippen MR) is 313 cm³/mol. The maximum absolute atomic E-state index is 13.2. The first-order valence-electron chi connectivity index (χ1n) is 29.1. The number of rotatable bonds is 11. The van der Waals surface area contributed by atoms with Gasteiger partial charge in [-0.2, -0.15) is 18.2 Å². The van der Waals surface area contributed by atoms with Crippen molar-refractivity contribution in [1.82, 2.24) is 39.9 Å². The highest BCUT2D eigenvalue weighted by Gasteiger charge is 2.47. The zero-order valence-electron chi connectivity index (χ0n) is 47.3. The van der Waals surface area contributed by atoms with E-state index in [9.17, 15) is 27.6 Å². The maximum Gasteiger partial charge on any atom is 0.434 e. The van der Waals surface area contributed by atoms with Crippen molar-refractivity contribution in [2.45, 2.75) is 153 Å². The number of benzene rings is 3. The monoisotopic (exact) mass is 1140 g/mol. The van der Waals surface area contributed by atoms with Crippen molar-refractivity contribution in [3.63, 3.8) is 0 Å². The summed E-state index contributed by atoms with van der Waals surface area (Å²) in [5, 5.41) is 7.52. The van der Waals surface area contributed by atoms with Crippen LogP contribution in [-0.4, -0.2) is 113 Å². The van der Waals surface area contributed by atoms with Gasteiger partial charge in [-0.1, -0.05) is 113 Å². The summed E-state index contributed by atoms with van der Waals surface area (Å²) in [4.78, 5) is 51.7. The van der Waals surface area contributed by atoms with E-state index in [4.69, 9.17) is 27.1 Å². The van der Waals surface area contributed by atoms with Gasteiger partial charge in [0.25, 0.3) is 5.56 Å². The van der Waals surface area contributed by atoms with Crippen LogP contribution in [0.4, 0.5) is 13.2 Å². The number of hydrogen-bond acceptors (Lipinski definition) is 11. The Labute approximate surface area is 478 Å². The Morgan fingerprint density at radius 2 is 1.61 bits per heavy atom. The number of piperidine rings is 1. The van der Waals surface area contributed by atoms with Crippen LogP contribution in [-0.2, 0) is 25.9 Å². The van der Waals surface area contributed by atoms with Gasteiger partial charge in [-0.05, 0) is 136 Å². The molecule has 6 heterocycles. The van der Waals surface area contributed by atoms with Crippen LogP contribution in [0.5, 0.6) is 0 Å². The van der Waals surface area contributed by atoms with Gasteiger partial charge in [-0.3, -0.25) is 23.9 Å². The minimum atomic E-state index is -4.52. The van der Waals surface area contributed by atoms with E-state index in [1.165, 1.54) is 91.4 Å². The fraction of sp³-hybridized carbons (Fsp3) is 0.565. The van der Waals surface area contributed by atoms with Crippen LogP contribution in [0.1, 0.15) is 158 Å². The van der Waals surface area contributed by atoms with E-state index >= 15 is 0 Å². The van der Waals surface area contributed by atoms with Gasteiger partial charge < -0.3 is 30.9 Å². The molecule has 4 aliphatic heterocycles. The molecule has 0 radical (unpaired) electrons. The lowest BCUT2D eigenvalue weighted by Crippen LogP contribution is -2.48. The molecule has 3 aromatic carbocycles. The highest BCUT2D eigenvalue weighted by molar-refractivity contribution is 7.13. The number of alkyl halides is 3. The normalized spacial score (nSPS) is 20.9. The Balaban J connectivity index is 0.000000154. The lowest BCUT2D eigenvalue weighted by atomic mass is 9.69. The molecule has 0 bridgehead atoms. The first kappa shape index (κ1) is 59.3. The number of halogens is 4. The second-order valence-corrected chi connectivity index (χ2v) is 25.3. The fourth-order valence-electron chi connectivity index (χ4n) is 12.6. The lowest BCUT2D eigenvalue weighted by Gasteiger charge is -2.34. The van der Waals surface area contributed by atoms with E-state index in [2.05, 4.69) is 82.9 Å². The van der Waals surface area contributed by atoms with Crippen LogP contribution in [0, 0.1) is 11.3 Å². The summed E-state index contributed by atoms with van der Waals surface area (Å²) in [5.41, 5.74) is 13.5. The summed E-state index contributed by atoms with van der Waals surface area (Å²) >= 11 is 7.42. The number of carbonyl (C=O) groups excluding carboxylic acids is 2. The van der Waals surface area contributed by atoms with Gasteiger partial charge in [0.2, 0.25) is 12.3 Å². The standard InChI is InChI=1S/C26H28ClN3O.C22H25F3N4O3S.C14H28N2/c1-29-14-10-17(11-15-29)18-8-9-19-22(16-18)30-21-7-5-6-20(27)23(21)24(31)28-25(30)26(19)12-3-2-4-13-26;23-22(24,25)20-19(33-13-26-20)16-5-3-15(4-6-16)17(12-28-8-10-32-11-9-28)27-21(31)18-2-1-7-29(18)14-30;1-11(14(2,3)4)16-10-13(15)12-8-6-5-7-9-12/h5-9,16-17H,2-4,10-15H2,1H3;3-6,13-14,17-18H,1-2,7-12H2,(H,27,31);10-12,16H,5-9,15H2,1-4H3/b;;13-10-. The Bertz CT molecular complexity index is 3010. The molecule has 18 heteroatoms. The molecule has 1 spiro atoms. The van der Waals surface area contributed by atoms with Gasteiger partial charge in [0.15, 0.2) is 5.69 Å². The Morgan fingerprint density at radius 1 is 0.912 bits per heavy atom. The van der Waals surface area contributed by atoms with Gasteiger partial charge in [0.1, 0.15) is 11.9 Å². The molecule has 2 aliphatic carbocycles. The number of ether oxygens (including phenoxy) is 1. The van der Waals surface area contributed by atoms with Gasteiger partial charge >= 0.3 is 6.18 Å². The number of aromatic nitrogens is 3. The van der Waals surface area contributed by atoms with Crippen LogP contribution in [0.3, 0.4) is 0 Å². The summed E-state index contributed by atoms with van der Waals surface area (Å²) in [5.74, 6) is 1.93. The van der Waals surface area contributed by atoms with Gasteiger partial charge in [-0.25, -0.2) is 4.98 Å². The number of amides is 2. The highest BCUT2D eigenvalue weighted by atomic mass is 35.5. The number of hydrogen-bond donors (Lipinski definition) is 3. The van der Waals surface area contributed by atoms with E-state index in [0.717, 1.165) is 79.4 Å². The Morgan fingerprint density at radius 3 is 2.29 bits per heavy atom. The fourth-order valence-corrected chi connectivity index (χ4v) is 13.6. The minimum absolute atomic E-state index is 0.0652. The van der Waals surface area contributed by atoms with Crippen LogP contribution >= 0.6 is 22.9 Å². The van der Waals surface area contributed by atoms with E-state index in [-0.39, 0.29) is 33.2 Å². The van der Waals surface area contributed by atoms with Crippen LogP contribution in [0.15, 0.2) is 82.9 Å². The number of carbonyl (C=O) groups is 2. The number of nitrogens with two attached hydrogens (primary N) is 1. The molecule has 432 valence electrons. The molecule has 5 aromatic rings. The number of allylic oxidation sites excluding steroid dienone is 1. The SMILES string of the molecule is CC(N/C=C(\N)C1CCCCC1)C(C)(C)C.CN1CCC(c2ccc3c(c2)-n2c(nc(=O)c4c(Cl)cccc42)C32CCCCC2)CC1.O=CN1CCCC1C(=O)NC(CN1CCOCC1)c1ccc(-c2scnc2C(F)(F)F)cc1. The minimum Gasteiger partial charge on any atom is -0.401 e. The van der Waals surface area contributed by atoms with Gasteiger partial charge in [-0.15, -0.1) is 11.3 Å². The Hall–Kier alpha value is -5.33. The average Bonchev–Trinajstić information content (AvgIpc) is 4.37. The largest absolute Gasteiger partial charge is 0.434 e. The third-order valence-corrected chi connectivity index (χ3v) is 19.0. The Kier molecular flexibility index (Phi) is 19.2. The molecular formula is C62H81ClF3N9O4S. The second kappa shape index (κ2) is 25.9. The third kappa shape index (κ3) is 13.4. The summed E-state index contributed by atoms with van der Waals surface area (Å²) in [6.45, 7) is 15.0. The molecule has 2 aromatic heterocycles. The third-order valence-electron chi connectivity index (χ3n) is 17.8. The molecule has 80 heavy (non-hydrogen) atoms. The number of nitrogens with one attached hydrogen (secondary N) is 2. The molecule has 3 saturated heterocycles. The summed E-state index contributed by atoms with van der Waals surface area (Å²) < 4.78 is 47.4. The first-order chi connectivity index (χ1) is 38.4. The number of fused-ring (bicyclic) bond motifs is 7. The van der Waals surface area contributed by atoms with Crippen molar-refractivity contribution in [3.05, 3.63) is 122 Å². The van der Waals surface area contributed by atoms with Crippen molar-refractivity contribution in [3.8, 4) is 16.1 Å². The zero-order valence-corrected chi connectivity index (χ0v) is 48.8. The van der Waals surface area contributed by atoms with Crippen molar-refractivity contribution < 1.29 is 27.5 Å². The molecule has 5 fully saturated rings. The van der Waals surface area contributed by atoms with E-state index < -0.39 is 17.9 Å². The molecule has 2 saturated carbocycles. The molecule has 4 N–H and O–H groups in total. The van der Waals surface area contributed by atoms with Crippen LogP contribution in [0.25, 0.3) is 27.0 Å². The average molecular weight is 1140 g/mol. The first-order valence-corrected chi connectivity index (χ1v) is 30.3. The highest BCUT2D eigenvalue weighted by Crippen LogP contribution is 2.52. The van der Waals surface area contributed by atoms with Gasteiger partial charge in [0, 0.05) is 44.1 Å². The van der Waals surface area contributed by atoms with Crippen molar-refractivity contribution in [2.24, 2.45) is 17.1 Å². The van der Waals surface area contributed by atoms with Crippen molar-refractivity contribution in [2.75, 3.05) is 59.5 Å². The molecule has 3 atom stereocenters. The molecule has 6 aliphatic rings. The van der Waals surface area contributed by atoms with E-state index in [0.29, 0.717) is 73.0 Å².